The largest absolute Gasteiger partial charge is 0.462 e. The summed E-state index contributed by atoms with van der Waals surface area (Å²) in [6.45, 7) is 4.03. The van der Waals surface area contributed by atoms with E-state index in [4.69, 9.17) is 9.47 Å². The summed E-state index contributed by atoms with van der Waals surface area (Å²) in [5, 5.41) is 9.72. The molecule has 0 aromatic carbocycles. The highest BCUT2D eigenvalue weighted by Gasteiger charge is 2.16. The quantitative estimate of drug-likeness (QED) is 0.0373. The Morgan fingerprint density at radius 2 is 0.467 bits per heavy atom. The third-order valence-electron chi connectivity index (χ3n) is 16.8. The van der Waals surface area contributed by atoms with E-state index in [1.54, 1.807) is 0 Å². The van der Waals surface area contributed by atoms with Gasteiger partial charge in [0, 0.05) is 12.8 Å². The van der Waals surface area contributed by atoms with Crippen LogP contribution in [-0.4, -0.2) is 36.4 Å². The summed E-state index contributed by atoms with van der Waals surface area (Å²) in [7, 11) is 0. The molecule has 0 heterocycles. The normalized spacial score (nSPS) is 13.1. The molecule has 0 fully saturated rings. The Hall–Kier alpha value is -4.48. The third kappa shape index (κ3) is 78.0. The predicted molar refractivity (Wildman–Crippen MR) is 407 cm³/mol. The number of aliphatic hydroxyl groups excluding tert-OH is 1. The summed E-state index contributed by atoms with van der Waals surface area (Å²) < 4.78 is 10.8. The van der Waals surface area contributed by atoms with Crippen LogP contribution in [-0.2, 0) is 19.1 Å². The van der Waals surface area contributed by atoms with Crippen molar-refractivity contribution in [2.45, 2.75) is 367 Å². The van der Waals surface area contributed by atoms with E-state index in [1.807, 2.05) is 0 Å². The minimum Gasteiger partial charge on any atom is -0.462 e. The Balaban J connectivity index is 3.52. The Morgan fingerprint density at radius 1 is 0.261 bits per heavy atom. The van der Waals surface area contributed by atoms with Crippen LogP contribution in [0.25, 0.3) is 0 Å². The number of unbranched alkanes of at least 4 members (excludes halogenated alkanes) is 37. The zero-order chi connectivity index (χ0) is 66.1. The maximum absolute atomic E-state index is 12.4. The average molecular weight is 1270 g/mol. The zero-order valence-electron chi connectivity index (χ0n) is 60.3. The molecule has 1 atom stereocenters. The van der Waals surface area contributed by atoms with Crippen molar-refractivity contribution in [2.24, 2.45) is 0 Å². The summed E-state index contributed by atoms with van der Waals surface area (Å²) in [6.07, 6.45) is 123. The molecular formula is C87H146O5. The number of carbonyl (C=O) groups excluding carboxylic acids is 2. The van der Waals surface area contributed by atoms with Crippen LogP contribution in [0.3, 0.4) is 0 Å². The van der Waals surface area contributed by atoms with Crippen molar-refractivity contribution >= 4 is 11.9 Å². The highest BCUT2D eigenvalue weighted by molar-refractivity contribution is 5.70. The molecule has 0 rings (SSSR count). The summed E-state index contributed by atoms with van der Waals surface area (Å²) >= 11 is 0. The second-order valence-corrected chi connectivity index (χ2v) is 25.7. The maximum atomic E-state index is 12.4. The first kappa shape index (κ1) is 87.5. The number of allylic oxidation sites excluding steroid dienone is 26. The lowest BCUT2D eigenvalue weighted by Gasteiger charge is -2.15. The molecule has 0 spiro atoms. The van der Waals surface area contributed by atoms with E-state index < -0.39 is 6.10 Å². The van der Waals surface area contributed by atoms with E-state index in [0.717, 1.165) is 135 Å². The molecule has 0 amide bonds. The lowest BCUT2D eigenvalue weighted by Crippen LogP contribution is -2.28. The highest BCUT2D eigenvalue weighted by atomic mass is 16.6. The fourth-order valence-electron chi connectivity index (χ4n) is 11.0. The summed E-state index contributed by atoms with van der Waals surface area (Å²) in [6, 6.07) is 0. The Bertz CT molecular complexity index is 1930. The highest BCUT2D eigenvalue weighted by Crippen LogP contribution is 2.18. The summed E-state index contributed by atoms with van der Waals surface area (Å²) in [5.74, 6) is -0.609. The molecular weight excluding hydrogens is 1120 g/mol. The number of hydrogen-bond donors (Lipinski definition) is 1. The van der Waals surface area contributed by atoms with Gasteiger partial charge in [-0.2, -0.15) is 0 Å². The summed E-state index contributed by atoms with van der Waals surface area (Å²) in [4.78, 5) is 24.7. The molecule has 0 aromatic rings. The van der Waals surface area contributed by atoms with Crippen LogP contribution in [0.4, 0.5) is 0 Å². The van der Waals surface area contributed by atoms with Crippen LogP contribution >= 0.6 is 0 Å². The van der Waals surface area contributed by atoms with E-state index in [2.05, 4.69) is 172 Å². The van der Waals surface area contributed by atoms with E-state index in [1.165, 1.54) is 199 Å². The third-order valence-corrected chi connectivity index (χ3v) is 16.8. The van der Waals surface area contributed by atoms with Crippen molar-refractivity contribution in [1.82, 2.24) is 0 Å². The molecule has 0 bridgehead atoms. The van der Waals surface area contributed by atoms with Crippen molar-refractivity contribution in [2.75, 3.05) is 13.2 Å². The first-order valence-electron chi connectivity index (χ1n) is 39.0. The Kier molecular flexibility index (Phi) is 76.8. The number of hydrogen-bond acceptors (Lipinski definition) is 5. The molecule has 1 unspecified atom stereocenters. The second kappa shape index (κ2) is 80.8. The van der Waals surface area contributed by atoms with Gasteiger partial charge < -0.3 is 14.6 Å². The molecule has 5 nitrogen and oxygen atoms in total. The van der Waals surface area contributed by atoms with Gasteiger partial charge in [0.25, 0.3) is 0 Å². The van der Waals surface area contributed by atoms with Crippen molar-refractivity contribution in [1.29, 1.82) is 0 Å². The second-order valence-electron chi connectivity index (χ2n) is 25.7. The van der Waals surface area contributed by atoms with Crippen LogP contribution in [0.2, 0.25) is 0 Å². The minimum atomic E-state index is -0.794. The van der Waals surface area contributed by atoms with E-state index in [-0.39, 0.29) is 25.2 Å². The van der Waals surface area contributed by atoms with Crippen LogP contribution < -0.4 is 0 Å². The van der Waals surface area contributed by atoms with Crippen molar-refractivity contribution in [3.8, 4) is 0 Å². The average Bonchev–Trinajstić information content (AvgIpc) is 3.75. The van der Waals surface area contributed by atoms with Gasteiger partial charge in [0.2, 0.25) is 0 Å². The van der Waals surface area contributed by atoms with Crippen LogP contribution in [0.5, 0.6) is 0 Å². The van der Waals surface area contributed by atoms with Gasteiger partial charge in [-0.05, 0) is 128 Å². The van der Waals surface area contributed by atoms with Crippen LogP contribution in [0.1, 0.15) is 361 Å². The van der Waals surface area contributed by atoms with Crippen molar-refractivity contribution < 1.29 is 24.2 Å². The van der Waals surface area contributed by atoms with Gasteiger partial charge in [-0.25, -0.2) is 0 Å². The molecule has 92 heavy (non-hydrogen) atoms. The minimum absolute atomic E-state index is 0.0792. The SMILES string of the molecule is CC/C=C\C/C=C\C/C=C\C/C=C\C/C=C\C/C=C\C/C=C\C/C=C\C/C=C\C/C=C\C/C=C\CCCCCCCC(=O)OC(CO)COC(=O)CCCCCCCCCCCCCCCCCCCCCCCCCCCCC/C=C\C/C=C\CCCCCCC. The number of carbonyl (C=O) groups is 2. The molecule has 524 valence electrons. The topological polar surface area (TPSA) is 72.8 Å². The van der Waals surface area contributed by atoms with E-state index >= 15 is 0 Å². The van der Waals surface area contributed by atoms with Crippen molar-refractivity contribution in [3.05, 3.63) is 158 Å². The number of esters is 2. The standard InChI is InChI=1S/C87H146O5/c1-3-5-7-9-11-13-15-17-19-21-23-25-27-29-31-33-35-37-39-41-43-45-47-49-51-53-55-57-59-61-63-65-67-69-71-73-75-77-79-81-86(89)91-84-85(83-88)92-87(90)82-80-78-76-74-72-70-68-66-64-62-60-58-56-54-52-50-48-46-44-42-40-38-36-34-32-30-28-26-24-22-20-18-16-14-12-10-8-6-4-2/h6,8,12,14-15,17-18,20-21,23-24,26,30,32,36,38,42,44,48,50,54,56,60,62,66,68,85,88H,3-5,7,9-11,13,16,19,22,25,27-29,31,33-35,37,39-41,43,45-47,49,51-53,55,57-59,61,63-65,67,69-84H2,1-2H3/b8-6-,14-12-,17-15-,20-18-,23-21-,26-24-,32-30-,38-36-,44-42-,50-48-,56-54-,62-60-,68-66-. The maximum Gasteiger partial charge on any atom is 0.306 e. The zero-order valence-corrected chi connectivity index (χ0v) is 60.3. The number of aliphatic hydroxyl groups is 1. The Labute approximate surface area is 571 Å². The predicted octanol–water partition coefficient (Wildman–Crippen LogP) is 27.8. The van der Waals surface area contributed by atoms with Gasteiger partial charge >= 0.3 is 11.9 Å². The first-order chi connectivity index (χ1) is 45.6. The molecule has 0 aliphatic carbocycles. The molecule has 5 heteroatoms. The van der Waals surface area contributed by atoms with Gasteiger partial charge in [0.15, 0.2) is 6.10 Å². The lowest BCUT2D eigenvalue weighted by molar-refractivity contribution is -0.161. The lowest BCUT2D eigenvalue weighted by atomic mass is 10.0. The van der Waals surface area contributed by atoms with Crippen LogP contribution in [0, 0.1) is 0 Å². The van der Waals surface area contributed by atoms with E-state index in [9.17, 15) is 14.7 Å². The number of ether oxygens (including phenoxy) is 2. The van der Waals surface area contributed by atoms with Gasteiger partial charge in [-0.1, -0.05) is 377 Å². The fourth-order valence-corrected chi connectivity index (χ4v) is 11.0. The van der Waals surface area contributed by atoms with Gasteiger partial charge in [-0.15, -0.1) is 0 Å². The van der Waals surface area contributed by atoms with E-state index in [0.29, 0.717) is 12.8 Å². The Morgan fingerprint density at radius 3 is 0.707 bits per heavy atom. The molecule has 0 saturated carbocycles. The molecule has 1 N–H and O–H groups in total. The molecule has 0 aromatic heterocycles. The van der Waals surface area contributed by atoms with Crippen molar-refractivity contribution in [3.63, 3.8) is 0 Å². The summed E-state index contributed by atoms with van der Waals surface area (Å²) in [5.41, 5.74) is 0. The fraction of sp³-hybridized carbons (Fsp3) is 0.678. The first-order valence-corrected chi connectivity index (χ1v) is 39.0. The number of rotatable bonds is 71. The van der Waals surface area contributed by atoms with Gasteiger partial charge in [-0.3, -0.25) is 9.59 Å². The molecule has 0 aliphatic heterocycles. The molecule has 0 radical (unpaired) electrons. The molecule has 0 aliphatic rings. The van der Waals surface area contributed by atoms with Gasteiger partial charge in [0.1, 0.15) is 6.61 Å². The van der Waals surface area contributed by atoms with Gasteiger partial charge in [0.05, 0.1) is 6.61 Å². The van der Waals surface area contributed by atoms with Crippen LogP contribution in [0.15, 0.2) is 158 Å². The smallest absolute Gasteiger partial charge is 0.306 e. The molecule has 0 saturated heterocycles. The monoisotopic (exact) mass is 1270 g/mol.